The molecule has 0 aromatic heterocycles. The van der Waals surface area contributed by atoms with E-state index < -0.39 is 24.4 Å². The smallest absolute Gasteiger partial charge is 0.119 e. The van der Waals surface area contributed by atoms with Crippen LogP contribution in [0.3, 0.4) is 0 Å². The molecule has 1 aliphatic heterocycles. The van der Waals surface area contributed by atoms with Gasteiger partial charge in [0.25, 0.3) is 0 Å². The Morgan fingerprint density at radius 1 is 1.07 bits per heavy atom. The second-order valence-electron chi connectivity index (χ2n) is 7.22. The minimum Gasteiger partial charge on any atom is -0.494 e. The Bertz CT molecular complexity index is 777. The molecule has 0 spiro atoms. The Labute approximate surface area is 170 Å². The van der Waals surface area contributed by atoms with Crippen molar-refractivity contribution in [1.82, 2.24) is 0 Å². The van der Waals surface area contributed by atoms with E-state index in [9.17, 15) is 15.3 Å². The lowest BCUT2D eigenvalue weighted by Gasteiger charge is -2.41. The van der Waals surface area contributed by atoms with Crippen molar-refractivity contribution in [2.75, 3.05) is 13.2 Å². The Morgan fingerprint density at radius 3 is 2.43 bits per heavy atom. The molecule has 6 heteroatoms. The topological polar surface area (TPSA) is 79.2 Å². The molecule has 2 unspecified atom stereocenters. The normalized spacial score (nSPS) is 27.6. The van der Waals surface area contributed by atoms with Gasteiger partial charge >= 0.3 is 0 Å². The molecule has 2 aromatic carbocycles. The van der Waals surface area contributed by atoms with Crippen LogP contribution in [0.1, 0.15) is 36.6 Å². The predicted octanol–water partition coefficient (Wildman–Crippen LogP) is 3.12. The van der Waals surface area contributed by atoms with Gasteiger partial charge in [0.2, 0.25) is 0 Å². The first kappa shape index (κ1) is 21.1. The fourth-order valence-electron chi connectivity index (χ4n) is 3.63. The van der Waals surface area contributed by atoms with Gasteiger partial charge in [0, 0.05) is 10.9 Å². The van der Waals surface area contributed by atoms with Crippen molar-refractivity contribution in [3.8, 4) is 5.75 Å². The summed E-state index contributed by atoms with van der Waals surface area (Å²) in [6.07, 6.45) is -2.68. The Hall–Kier alpha value is -1.63. The largest absolute Gasteiger partial charge is 0.494 e. The molecule has 0 amide bonds. The highest BCUT2D eigenvalue weighted by Gasteiger charge is 2.42. The quantitative estimate of drug-likeness (QED) is 0.687. The number of aliphatic hydroxyl groups excluding tert-OH is 3. The highest BCUT2D eigenvalue weighted by Crippen LogP contribution is 2.38. The van der Waals surface area contributed by atoms with E-state index in [-0.39, 0.29) is 12.5 Å². The minimum absolute atomic E-state index is 0.322. The molecule has 28 heavy (non-hydrogen) atoms. The van der Waals surface area contributed by atoms with Gasteiger partial charge in [-0.05, 0) is 48.2 Å². The number of ether oxygens (including phenoxy) is 2. The van der Waals surface area contributed by atoms with Crippen molar-refractivity contribution in [2.24, 2.45) is 5.92 Å². The standard InChI is InChI=1S/C22H27ClO5/c1-3-27-17-7-4-14(5-8-17)10-16-11-15(6-9-18(16)23)22-13(2)20(25)21(26)19(12-24)28-22/h4-9,11,13,19-22,24-26H,3,10,12H2,1-2H3/t13?,19-,20-,21?,22-/m1/s1. The number of benzene rings is 2. The lowest BCUT2D eigenvalue weighted by molar-refractivity contribution is -0.207. The molecule has 152 valence electrons. The van der Waals surface area contributed by atoms with Crippen molar-refractivity contribution in [1.29, 1.82) is 0 Å². The summed E-state index contributed by atoms with van der Waals surface area (Å²) in [6.45, 7) is 4.05. The van der Waals surface area contributed by atoms with Crippen molar-refractivity contribution in [2.45, 2.75) is 44.7 Å². The monoisotopic (exact) mass is 406 g/mol. The molecule has 1 heterocycles. The zero-order chi connectivity index (χ0) is 20.3. The van der Waals surface area contributed by atoms with Gasteiger partial charge in [-0.25, -0.2) is 0 Å². The summed E-state index contributed by atoms with van der Waals surface area (Å²) in [4.78, 5) is 0. The van der Waals surface area contributed by atoms with Crippen LogP contribution in [-0.4, -0.2) is 46.8 Å². The summed E-state index contributed by atoms with van der Waals surface area (Å²) in [5, 5.41) is 30.5. The molecular formula is C22H27ClO5. The molecule has 1 aliphatic rings. The average Bonchev–Trinajstić information content (AvgIpc) is 2.70. The summed E-state index contributed by atoms with van der Waals surface area (Å²) in [7, 11) is 0. The molecule has 1 fully saturated rings. The van der Waals surface area contributed by atoms with Crippen molar-refractivity contribution in [3.05, 3.63) is 64.2 Å². The lowest BCUT2D eigenvalue weighted by atomic mass is 9.84. The first-order valence-corrected chi connectivity index (χ1v) is 9.94. The van der Waals surface area contributed by atoms with Crippen LogP contribution in [-0.2, 0) is 11.2 Å². The SMILES string of the molecule is CCOc1ccc(Cc2cc([C@@H]3O[C@H](CO)C(O)[C@H](O)C3C)ccc2Cl)cc1. The summed E-state index contributed by atoms with van der Waals surface area (Å²) < 4.78 is 11.4. The number of aliphatic hydroxyl groups is 3. The van der Waals surface area contributed by atoms with Crippen LogP contribution in [0.4, 0.5) is 0 Å². The third-order valence-electron chi connectivity index (χ3n) is 5.28. The van der Waals surface area contributed by atoms with Crippen LogP contribution in [0.5, 0.6) is 5.75 Å². The predicted molar refractivity (Wildman–Crippen MR) is 108 cm³/mol. The van der Waals surface area contributed by atoms with E-state index >= 15 is 0 Å². The van der Waals surface area contributed by atoms with Gasteiger partial charge in [0.05, 0.1) is 25.4 Å². The van der Waals surface area contributed by atoms with Crippen LogP contribution in [0.25, 0.3) is 0 Å². The van der Waals surface area contributed by atoms with Gasteiger partial charge in [-0.3, -0.25) is 0 Å². The second kappa shape index (κ2) is 9.25. The molecule has 0 aliphatic carbocycles. The maximum Gasteiger partial charge on any atom is 0.119 e. The number of hydrogen-bond acceptors (Lipinski definition) is 5. The molecule has 3 rings (SSSR count). The highest BCUT2D eigenvalue weighted by molar-refractivity contribution is 6.31. The van der Waals surface area contributed by atoms with E-state index in [0.29, 0.717) is 18.1 Å². The van der Waals surface area contributed by atoms with Crippen LogP contribution in [0.2, 0.25) is 5.02 Å². The van der Waals surface area contributed by atoms with Crippen LogP contribution in [0.15, 0.2) is 42.5 Å². The van der Waals surface area contributed by atoms with Crippen LogP contribution >= 0.6 is 11.6 Å². The van der Waals surface area contributed by atoms with Crippen molar-refractivity contribution < 1.29 is 24.8 Å². The Kier molecular flexibility index (Phi) is 6.96. The third kappa shape index (κ3) is 4.50. The minimum atomic E-state index is -1.10. The highest BCUT2D eigenvalue weighted by atomic mass is 35.5. The van der Waals surface area contributed by atoms with Gasteiger partial charge in [0.1, 0.15) is 18.0 Å². The molecule has 1 saturated heterocycles. The maximum atomic E-state index is 10.3. The van der Waals surface area contributed by atoms with E-state index in [4.69, 9.17) is 21.1 Å². The molecule has 0 bridgehead atoms. The number of hydrogen-bond donors (Lipinski definition) is 3. The van der Waals surface area contributed by atoms with Crippen molar-refractivity contribution >= 4 is 11.6 Å². The van der Waals surface area contributed by atoms with Crippen LogP contribution < -0.4 is 4.74 Å². The molecule has 3 N–H and O–H groups in total. The van der Waals surface area contributed by atoms with E-state index in [1.165, 1.54) is 0 Å². The van der Waals surface area contributed by atoms with E-state index in [0.717, 1.165) is 22.4 Å². The van der Waals surface area contributed by atoms with E-state index in [1.54, 1.807) is 0 Å². The van der Waals surface area contributed by atoms with Gasteiger partial charge < -0.3 is 24.8 Å². The number of halogens is 1. The van der Waals surface area contributed by atoms with E-state index in [1.807, 2.05) is 56.3 Å². The summed E-state index contributed by atoms with van der Waals surface area (Å²) in [5.41, 5.74) is 2.91. The first-order chi connectivity index (χ1) is 13.4. The van der Waals surface area contributed by atoms with Gasteiger partial charge in [-0.1, -0.05) is 42.8 Å². The Balaban J connectivity index is 1.82. The molecule has 5 atom stereocenters. The first-order valence-electron chi connectivity index (χ1n) is 9.57. The molecular weight excluding hydrogens is 380 g/mol. The third-order valence-corrected chi connectivity index (χ3v) is 5.64. The molecule has 0 radical (unpaired) electrons. The molecule has 0 saturated carbocycles. The second-order valence-corrected chi connectivity index (χ2v) is 7.63. The van der Waals surface area contributed by atoms with Crippen LogP contribution in [0, 0.1) is 5.92 Å². The summed E-state index contributed by atoms with van der Waals surface area (Å²) in [6, 6.07) is 13.6. The summed E-state index contributed by atoms with van der Waals surface area (Å²) >= 11 is 6.42. The fraction of sp³-hybridized carbons (Fsp3) is 0.455. The molecule has 5 nitrogen and oxygen atoms in total. The van der Waals surface area contributed by atoms with Gasteiger partial charge in [-0.15, -0.1) is 0 Å². The molecule has 2 aromatic rings. The van der Waals surface area contributed by atoms with E-state index in [2.05, 4.69) is 0 Å². The van der Waals surface area contributed by atoms with Crippen molar-refractivity contribution in [3.63, 3.8) is 0 Å². The Morgan fingerprint density at radius 2 is 1.79 bits per heavy atom. The summed E-state index contributed by atoms with van der Waals surface area (Å²) in [5.74, 6) is 0.510. The van der Waals surface area contributed by atoms with Gasteiger partial charge in [-0.2, -0.15) is 0 Å². The zero-order valence-corrected chi connectivity index (χ0v) is 16.8. The fourth-order valence-corrected chi connectivity index (χ4v) is 3.82. The number of rotatable bonds is 6. The maximum absolute atomic E-state index is 10.3. The van der Waals surface area contributed by atoms with Gasteiger partial charge in [0.15, 0.2) is 0 Å². The lowest BCUT2D eigenvalue weighted by Crippen LogP contribution is -2.51. The zero-order valence-electron chi connectivity index (χ0n) is 16.1. The average molecular weight is 407 g/mol.